The van der Waals surface area contributed by atoms with Crippen LogP contribution in [0.15, 0.2) is 35.3 Å². The molecule has 0 atom stereocenters. The summed E-state index contributed by atoms with van der Waals surface area (Å²) in [6, 6.07) is 11.1. The summed E-state index contributed by atoms with van der Waals surface area (Å²) >= 11 is 0. The monoisotopic (exact) mass is 482 g/mol. The number of rotatable bonds is 6. The van der Waals surface area contributed by atoms with Gasteiger partial charge >= 0.3 is 0 Å². The molecular weight excluding hydrogens is 451 g/mol. The van der Waals surface area contributed by atoms with E-state index in [4.69, 9.17) is 4.99 Å². The Morgan fingerprint density at radius 1 is 1.15 bits per heavy atom. The van der Waals surface area contributed by atoms with E-state index in [2.05, 4.69) is 51.2 Å². The first-order valence-electron chi connectivity index (χ1n) is 9.66. The van der Waals surface area contributed by atoms with Gasteiger partial charge in [0.15, 0.2) is 11.8 Å². The average Bonchev–Trinajstić information content (AvgIpc) is 2.99. The largest absolute Gasteiger partial charge is 0.356 e. The number of hydrogen-bond acceptors (Lipinski definition) is 3. The zero-order chi connectivity index (χ0) is 18.2. The summed E-state index contributed by atoms with van der Waals surface area (Å²) in [4.78, 5) is 4.76. The van der Waals surface area contributed by atoms with E-state index in [0.29, 0.717) is 12.6 Å². The first kappa shape index (κ1) is 21.7. The van der Waals surface area contributed by atoms with Crippen LogP contribution in [0.3, 0.4) is 0 Å². The number of aromatic nitrogens is 3. The number of halogens is 1. The molecule has 0 unspecified atom stereocenters. The third-order valence-electron chi connectivity index (χ3n) is 5.06. The van der Waals surface area contributed by atoms with Gasteiger partial charge in [-0.1, -0.05) is 49.6 Å². The van der Waals surface area contributed by atoms with Crippen molar-refractivity contribution in [1.29, 1.82) is 0 Å². The van der Waals surface area contributed by atoms with Crippen LogP contribution in [0, 0.1) is 6.92 Å². The molecule has 148 valence electrons. The van der Waals surface area contributed by atoms with Crippen LogP contribution < -0.4 is 10.6 Å². The lowest BCUT2D eigenvalue weighted by Gasteiger charge is -2.25. The first-order valence-corrected chi connectivity index (χ1v) is 9.66. The normalized spacial score (nSPS) is 15.3. The van der Waals surface area contributed by atoms with Crippen molar-refractivity contribution in [2.75, 3.05) is 6.54 Å². The predicted octanol–water partition coefficient (Wildman–Crippen LogP) is 3.35. The molecule has 1 aliphatic carbocycles. The van der Waals surface area contributed by atoms with E-state index in [-0.39, 0.29) is 24.0 Å². The minimum atomic E-state index is 0. The molecule has 2 N–H and O–H groups in total. The third kappa shape index (κ3) is 6.79. The fourth-order valence-corrected chi connectivity index (χ4v) is 3.30. The van der Waals surface area contributed by atoms with Crippen molar-refractivity contribution in [3.8, 4) is 0 Å². The predicted molar refractivity (Wildman–Crippen MR) is 120 cm³/mol. The Morgan fingerprint density at radius 2 is 1.89 bits per heavy atom. The van der Waals surface area contributed by atoms with Crippen LogP contribution in [0.5, 0.6) is 0 Å². The van der Waals surface area contributed by atoms with Gasteiger partial charge in [0, 0.05) is 19.6 Å². The average molecular weight is 482 g/mol. The van der Waals surface area contributed by atoms with Crippen LogP contribution in [0.25, 0.3) is 0 Å². The minimum absolute atomic E-state index is 0. The highest BCUT2D eigenvalue weighted by Gasteiger charge is 2.15. The van der Waals surface area contributed by atoms with Crippen molar-refractivity contribution < 1.29 is 0 Å². The number of nitrogens with one attached hydrogen (secondary N) is 2. The topological polar surface area (TPSA) is 67.1 Å². The van der Waals surface area contributed by atoms with Gasteiger partial charge in [-0.2, -0.15) is 0 Å². The molecular formula is C20H31IN6. The highest BCUT2D eigenvalue weighted by Crippen LogP contribution is 2.17. The lowest BCUT2D eigenvalue weighted by atomic mass is 9.96. The molecule has 0 radical (unpaired) electrons. The van der Waals surface area contributed by atoms with Gasteiger partial charge in [0.25, 0.3) is 0 Å². The Hall–Kier alpha value is -1.64. The fraction of sp³-hybridized carbons (Fsp3) is 0.550. The maximum Gasteiger partial charge on any atom is 0.191 e. The molecule has 1 aliphatic rings. The maximum absolute atomic E-state index is 4.76. The second-order valence-electron chi connectivity index (χ2n) is 7.03. The van der Waals surface area contributed by atoms with Crippen LogP contribution in [0.1, 0.15) is 49.3 Å². The number of nitrogens with zero attached hydrogens (tertiary/aromatic N) is 4. The van der Waals surface area contributed by atoms with E-state index in [1.165, 1.54) is 37.7 Å². The summed E-state index contributed by atoms with van der Waals surface area (Å²) in [6.07, 6.45) is 7.39. The summed E-state index contributed by atoms with van der Waals surface area (Å²) in [7, 11) is 1.98. The molecule has 1 heterocycles. The third-order valence-corrected chi connectivity index (χ3v) is 5.06. The van der Waals surface area contributed by atoms with Gasteiger partial charge in [0.2, 0.25) is 0 Å². The van der Waals surface area contributed by atoms with Crippen LogP contribution in [-0.4, -0.2) is 33.3 Å². The van der Waals surface area contributed by atoms with Gasteiger partial charge < -0.3 is 15.2 Å². The van der Waals surface area contributed by atoms with Gasteiger partial charge in [-0.05, 0) is 31.7 Å². The van der Waals surface area contributed by atoms with Crippen molar-refractivity contribution in [3.63, 3.8) is 0 Å². The minimum Gasteiger partial charge on any atom is -0.356 e. The molecule has 1 aromatic carbocycles. The molecule has 0 amide bonds. The molecule has 2 aromatic rings. The van der Waals surface area contributed by atoms with E-state index in [9.17, 15) is 0 Å². The number of guanidine groups is 1. The molecule has 1 fully saturated rings. The van der Waals surface area contributed by atoms with Gasteiger partial charge in [-0.15, -0.1) is 34.2 Å². The summed E-state index contributed by atoms with van der Waals surface area (Å²) < 4.78 is 1.99. The molecule has 27 heavy (non-hydrogen) atoms. The van der Waals surface area contributed by atoms with Crippen LogP contribution in [-0.2, 0) is 20.0 Å². The van der Waals surface area contributed by atoms with E-state index in [1.807, 2.05) is 18.5 Å². The molecule has 1 saturated carbocycles. The van der Waals surface area contributed by atoms with Crippen molar-refractivity contribution in [2.24, 2.45) is 12.0 Å². The molecule has 0 bridgehead atoms. The van der Waals surface area contributed by atoms with Crippen LogP contribution in [0.4, 0.5) is 0 Å². The van der Waals surface area contributed by atoms with Gasteiger partial charge in [-0.25, -0.2) is 4.99 Å². The summed E-state index contributed by atoms with van der Waals surface area (Å²) in [5.41, 5.74) is 1.33. The van der Waals surface area contributed by atoms with Gasteiger partial charge in [-0.3, -0.25) is 0 Å². The second-order valence-corrected chi connectivity index (χ2v) is 7.03. The van der Waals surface area contributed by atoms with E-state index < -0.39 is 0 Å². The maximum atomic E-state index is 4.76. The van der Waals surface area contributed by atoms with Crippen molar-refractivity contribution in [1.82, 2.24) is 25.4 Å². The van der Waals surface area contributed by atoms with Gasteiger partial charge in [0.05, 0.1) is 0 Å². The Morgan fingerprint density at radius 3 is 2.56 bits per heavy atom. The van der Waals surface area contributed by atoms with Crippen LogP contribution in [0.2, 0.25) is 0 Å². The molecule has 0 saturated heterocycles. The Kier molecular flexibility index (Phi) is 9.03. The van der Waals surface area contributed by atoms with E-state index >= 15 is 0 Å². The molecule has 0 aliphatic heterocycles. The zero-order valence-corrected chi connectivity index (χ0v) is 18.6. The van der Waals surface area contributed by atoms with E-state index in [1.54, 1.807) is 0 Å². The Labute approximate surface area is 179 Å². The standard InChI is InChI=1S/C20H30N6.HI/c1-16-24-25-19(26(16)2)15-22-20(23-18-11-7-4-8-12-18)21-14-13-17-9-5-3-6-10-17;/h3,5-6,9-10,18H,4,7-8,11-15H2,1-2H3,(H2,21,22,23);1H. The summed E-state index contributed by atoms with van der Waals surface area (Å²) in [5.74, 6) is 2.68. The Bertz CT molecular complexity index is 707. The summed E-state index contributed by atoms with van der Waals surface area (Å²) in [5, 5.41) is 15.4. The molecule has 0 spiro atoms. The Balaban J connectivity index is 0.00000261. The molecule has 1 aromatic heterocycles. The van der Waals surface area contributed by atoms with Crippen molar-refractivity contribution >= 4 is 29.9 Å². The van der Waals surface area contributed by atoms with Gasteiger partial charge in [0.1, 0.15) is 12.4 Å². The van der Waals surface area contributed by atoms with E-state index in [0.717, 1.165) is 30.6 Å². The summed E-state index contributed by atoms with van der Waals surface area (Å²) in [6.45, 7) is 3.35. The zero-order valence-electron chi connectivity index (χ0n) is 16.3. The lowest BCUT2D eigenvalue weighted by molar-refractivity contribution is 0.410. The molecule has 7 heteroatoms. The fourth-order valence-electron chi connectivity index (χ4n) is 3.30. The number of benzene rings is 1. The van der Waals surface area contributed by atoms with Crippen molar-refractivity contribution in [2.45, 2.75) is 58.0 Å². The molecule has 3 rings (SSSR count). The first-order chi connectivity index (χ1) is 12.7. The second kappa shape index (κ2) is 11.3. The number of aryl methyl sites for hydroxylation is 1. The molecule has 6 nitrogen and oxygen atoms in total. The smallest absolute Gasteiger partial charge is 0.191 e. The SMILES string of the molecule is Cc1nnc(CN=C(NCCc2ccccc2)NC2CCCCC2)n1C.I. The number of hydrogen-bond donors (Lipinski definition) is 2. The highest BCUT2D eigenvalue weighted by atomic mass is 127. The lowest BCUT2D eigenvalue weighted by Crippen LogP contribution is -2.44. The van der Waals surface area contributed by atoms with Crippen LogP contribution >= 0.6 is 24.0 Å². The quantitative estimate of drug-likeness (QED) is 0.377. The number of aliphatic imine (C=N–C) groups is 1. The van der Waals surface area contributed by atoms with Crippen molar-refractivity contribution in [3.05, 3.63) is 47.5 Å². The highest BCUT2D eigenvalue weighted by molar-refractivity contribution is 14.0.